The van der Waals surface area contributed by atoms with E-state index in [4.69, 9.17) is 11.6 Å². The standard InChI is InChI=1S/C15H21ClN2O.ClH/c1-9-4-5-12(16)8-13(9)15(19)18-14-10(2)6-7-17-11(14)3;/h4-5,8,10-11,14,17H,6-7H2,1-3H3,(H,18,19);1H. The Morgan fingerprint density at radius 2 is 2.10 bits per heavy atom. The molecular formula is C15H22Cl2N2O. The molecule has 1 aromatic rings. The van der Waals surface area contributed by atoms with Crippen LogP contribution < -0.4 is 10.6 Å². The molecule has 5 heteroatoms. The van der Waals surface area contributed by atoms with Crippen molar-refractivity contribution >= 4 is 29.9 Å². The third-order valence-electron chi connectivity index (χ3n) is 3.96. The second-order valence-electron chi connectivity index (χ2n) is 5.47. The van der Waals surface area contributed by atoms with Gasteiger partial charge in [0.05, 0.1) is 0 Å². The minimum atomic E-state index is -0.0348. The minimum absolute atomic E-state index is 0. The third kappa shape index (κ3) is 3.87. The Balaban J connectivity index is 0.00000200. The predicted octanol–water partition coefficient (Wildman–Crippen LogP) is 3.19. The van der Waals surface area contributed by atoms with Gasteiger partial charge in [0, 0.05) is 22.7 Å². The van der Waals surface area contributed by atoms with Crippen LogP contribution >= 0.6 is 24.0 Å². The highest BCUT2D eigenvalue weighted by Crippen LogP contribution is 2.19. The molecule has 1 aliphatic heterocycles. The smallest absolute Gasteiger partial charge is 0.251 e. The van der Waals surface area contributed by atoms with E-state index in [-0.39, 0.29) is 24.4 Å². The summed E-state index contributed by atoms with van der Waals surface area (Å²) in [7, 11) is 0. The van der Waals surface area contributed by atoms with Crippen molar-refractivity contribution in [2.24, 2.45) is 5.92 Å². The quantitative estimate of drug-likeness (QED) is 0.879. The van der Waals surface area contributed by atoms with Gasteiger partial charge < -0.3 is 10.6 Å². The number of carbonyl (C=O) groups excluding carboxylic acids is 1. The zero-order valence-electron chi connectivity index (χ0n) is 12.1. The van der Waals surface area contributed by atoms with Gasteiger partial charge in [0.15, 0.2) is 0 Å². The Labute approximate surface area is 131 Å². The molecule has 1 heterocycles. The maximum absolute atomic E-state index is 12.4. The zero-order valence-corrected chi connectivity index (χ0v) is 13.6. The SMILES string of the molecule is Cc1ccc(Cl)cc1C(=O)NC1C(C)CCNC1C.Cl. The lowest BCUT2D eigenvalue weighted by Gasteiger charge is -2.36. The minimum Gasteiger partial charge on any atom is -0.347 e. The van der Waals surface area contributed by atoms with E-state index in [0.29, 0.717) is 22.5 Å². The van der Waals surface area contributed by atoms with Crippen molar-refractivity contribution in [3.05, 3.63) is 34.3 Å². The van der Waals surface area contributed by atoms with Crippen LogP contribution in [0.25, 0.3) is 0 Å². The average molecular weight is 317 g/mol. The molecule has 0 aliphatic carbocycles. The summed E-state index contributed by atoms with van der Waals surface area (Å²) in [6.45, 7) is 7.25. The van der Waals surface area contributed by atoms with Crippen LogP contribution in [-0.2, 0) is 0 Å². The number of amides is 1. The summed E-state index contributed by atoms with van der Waals surface area (Å²) < 4.78 is 0. The zero-order chi connectivity index (χ0) is 14.0. The normalized spacial score (nSPS) is 25.7. The van der Waals surface area contributed by atoms with E-state index in [1.807, 2.05) is 13.0 Å². The van der Waals surface area contributed by atoms with E-state index in [1.54, 1.807) is 12.1 Å². The Kier molecular flexibility index (Phi) is 6.31. The molecule has 0 radical (unpaired) electrons. The Hall–Kier alpha value is -0.770. The van der Waals surface area contributed by atoms with Crippen LogP contribution in [0.1, 0.15) is 36.2 Å². The van der Waals surface area contributed by atoms with Gasteiger partial charge >= 0.3 is 0 Å². The molecule has 0 spiro atoms. The van der Waals surface area contributed by atoms with Crippen LogP contribution in [0.5, 0.6) is 0 Å². The third-order valence-corrected chi connectivity index (χ3v) is 4.19. The summed E-state index contributed by atoms with van der Waals surface area (Å²) in [4.78, 5) is 12.4. The van der Waals surface area contributed by atoms with Crippen molar-refractivity contribution in [2.45, 2.75) is 39.3 Å². The van der Waals surface area contributed by atoms with Gasteiger partial charge in [0.25, 0.3) is 5.91 Å². The highest BCUT2D eigenvalue weighted by atomic mass is 35.5. The van der Waals surface area contributed by atoms with Crippen molar-refractivity contribution in [3.8, 4) is 0 Å². The topological polar surface area (TPSA) is 41.1 Å². The van der Waals surface area contributed by atoms with Gasteiger partial charge in [-0.15, -0.1) is 12.4 Å². The molecule has 1 aromatic carbocycles. The molecule has 3 nitrogen and oxygen atoms in total. The van der Waals surface area contributed by atoms with Crippen LogP contribution in [0, 0.1) is 12.8 Å². The van der Waals surface area contributed by atoms with E-state index in [0.717, 1.165) is 18.5 Å². The van der Waals surface area contributed by atoms with E-state index < -0.39 is 0 Å². The highest BCUT2D eigenvalue weighted by molar-refractivity contribution is 6.31. The van der Waals surface area contributed by atoms with E-state index in [9.17, 15) is 4.79 Å². The number of hydrogen-bond donors (Lipinski definition) is 2. The summed E-state index contributed by atoms with van der Waals surface area (Å²) >= 11 is 5.97. The lowest BCUT2D eigenvalue weighted by molar-refractivity contribution is 0.0897. The van der Waals surface area contributed by atoms with Gasteiger partial charge in [-0.1, -0.05) is 24.6 Å². The maximum Gasteiger partial charge on any atom is 0.251 e. The fourth-order valence-electron chi connectivity index (χ4n) is 2.67. The lowest BCUT2D eigenvalue weighted by atomic mass is 9.89. The molecule has 0 aromatic heterocycles. The summed E-state index contributed by atoms with van der Waals surface area (Å²) in [5.74, 6) is 0.451. The second kappa shape index (κ2) is 7.30. The van der Waals surface area contributed by atoms with Crippen LogP contribution in [-0.4, -0.2) is 24.5 Å². The van der Waals surface area contributed by atoms with E-state index in [2.05, 4.69) is 24.5 Å². The number of nitrogens with one attached hydrogen (secondary N) is 2. The molecule has 2 N–H and O–H groups in total. The first-order valence-corrected chi connectivity index (χ1v) is 7.17. The largest absolute Gasteiger partial charge is 0.347 e. The number of rotatable bonds is 2. The fourth-order valence-corrected chi connectivity index (χ4v) is 2.85. The van der Waals surface area contributed by atoms with Crippen molar-refractivity contribution < 1.29 is 4.79 Å². The average Bonchev–Trinajstić information content (AvgIpc) is 2.37. The molecule has 1 amide bonds. The number of halogens is 2. The van der Waals surface area contributed by atoms with Gasteiger partial charge in [-0.2, -0.15) is 0 Å². The maximum atomic E-state index is 12.4. The van der Waals surface area contributed by atoms with E-state index >= 15 is 0 Å². The second-order valence-corrected chi connectivity index (χ2v) is 5.90. The van der Waals surface area contributed by atoms with Crippen LogP contribution in [0.2, 0.25) is 5.02 Å². The molecule has 3 unspecified atom stereocenters. The van der Waals surface area contributed by atoms with Gasteiger partial charge in [0.2, 0.25) is 0 Å². The first kappa shape index (κ1) is 17.3. The molecular weight excluding hydrogens is 295 g/mol. The van der Waals surface area contributed by atoms with Gasteiger partial charge in [-0.25, -0.2) is 0 Å². The molecule has 1 fully saturated rings. The van der Waals surface area contributed by atoms with Gasteiger partial charge in [-0.05, 0) is 50.4 Å². The summed E-state index contributed by atoms with van der Waals surface area (Å²) in [6, 6.07) is 5.88. The molecule has 112 valence electrons. The molecule has 0 bridgehead atoms. The molecule has 3 atom stereocenters. The predicted molar refractivity (Wildman–Crippen MR) is 85.9 cm³/mol. The summed E-state index contributed by atoms with van der Waals surface area (Å²) in [5.41, 5.74) is 1.61. The number of hydrogen-bond acceptors (Lipinski definition) is 2. The Bertz CT molecular complexity index is 469. The van der Waals surface area contributed by atoms with Gasteiger partial charge in [0.1, 0.15) is 0 Å². The van der Waals surface area contributed by atoms with Crippen molar-refractivity contribution in [1.82, 2.24) is 10.6 Å². The fraction of sp³-hybridized carbons (Fsp3) is 0.533. The first-order valence-electron chi connectivity index (χ1n) is 6.79. The van der Waals surface area contributed by atoms with Crippen LogP contribution in [0.4, 0.5) is 0 Å². The molecule has 1 saturated heterocycles. The van der Waals surface area contributed by atoms with Crippen molar-refractivity contribution in [1.29, 1.82) is 0 Å². The van der Waals surface area contributed by atoms with Crippen molar-refractivity contribution in [3.63, 3.8) is 0 Å². The van der Waals surface area contributed by atoms with Gasteiger partial charge in [-0.3, -0.25) is 4.79 Å². The van der Waals surface area contributed by atoms with Crippen LogP contribution in [0.15, 0.2) is 18.2 Å². The number of aryl methyl sites for hydroxylation is 1. The highest BCUT2D eigenvalue weighted by Gasteiger charge is 2.29. The molecule has 1 aliphatic rings. The first-order chi connectivity index (χ1) is 8.99. The Morgan fingerprint density at radius 1 is 1.40 bits per heavy atom. The lowest BCUT2D eigenvalue weighted by Crippen LogP contribution is -2.56. The number of benzene rings is 1. The summed E-state index contributed by atoms with van der Waals surface area (Å²) in [6.07, 6.45) is 1.09. The molecule has 0 saturated carbocycles. The van der Waals surface area contributed by atoms with E-state index in [1.165, 1.54) is 0 Å². The number of piperidine rings is 1. The Morgan fingerprint density at radius 3 is 2.75 bits per heavy atom. The van der Waals surface area contributed by atoms with Crippen molar-refractivity contribution in [2.75, 3.05) is 6.54 Å². The molecule has 2 rings (SSSR count). The monoisotopic (exact) mass is 316 g/mol. The molecule has 20 heavy (non-hydrogen) atoms. The number of carbonyl (C=O) groups is 1. The summed E-state index contributed by atoms with van der Waals surface area (Å²) in [5, 5.41) is 7.14. The van der Waals surface area contributed by atoms with Crippen LogP contribution in [0.3, 0.4) is 0 Å².